The first-order valence-electron chi connectivity index (χ1n) is 5.51. The van der Waals surface area contributed by atoms with Crippen LogP contribution in [0.5, 0.6) is 0 Å². The molecular formula is C13H15FO3. The van der Waals surface area contributed by atoms with Gasteiger partial charge in [-0.3, -0.25) is 0 Å². The van der Waals surface area contributed by atoms with Gasteiger partial charge in [0.2, 0.25) is 0 Å². The summed E-state index contributed by atoms with van der Waals surface area (Å²) in [7, 11) is 0. The van der Waals surface area contributed by atoms with Crippen molar-refractivity contribution in [1.82, 2.24) is 0 Å². The summed E-state index contributed by atoms with van der Waals surface area (Å²) >= 11 is 0. The highest BCUT2D eigenvalue weighted by molar-refractivity contribution is 5.78. The highest BCUT2D eigenvalue weighted by Crippen LogP contribution is 2.41. The molecule has 0 N–H and O–H groups in total. The Hall–Kier alpha value is -1.42. The van der Waals surface area contributed by atoms with Crippen LogP contribution in [0.25, 0.3) is 0 Å². The molecule has 0 amide bonds. The molecule has 2 atom stereocenters. The van der Waals surface area contributed by atoms with E-state index in [0.717, 1.165) is 0 Å². The fourth-order valence-corrected chi connectivity index (χ4v) is 1.59. The highest BCUT2D eigenvalue weighted by atomic mass is 19.1. The molecule has 4 heteroatoms. The smallest absolute Gasteiger partial charge is 0.338 e. The second-order valence-electron chi connectivity index (χ2n) is 5.03. The molecule has 1 fully saturated rings. The lowest BCUT2D eigenvalue weighted by Gasteiger charge is -2.18. The minimum Gasteiger partial charge on any atom is -0.458 e. The largest absolute Gasteiger partial charge is 0.458 e. The Morgan fingerprint density at radius 3 is 2.59 bits per heavy atom. The van der Waals surface area contributed by atoms with E-state index in [1.54, 1.807) is 39.0 Å². The Kier molecular flexibility index (Phi) is 2.91. The maximum Gasteiger partial charge on any atom is 0.338 e. The van der Waals surface area contributed by atoms with E-state index in [2.05, 4.69) is 0 Å². The summed E-state index contributed by atoms with van der Waals surface area (Å²) < 4.78 is 23.8. The summed E-state index contributed by atoms with van der Waals surface area (Å²) in [5.74, 6) is -0.797. The summed E-state index contributed by atoms with van der Waals surface area (Å²) in [6.07, 6.45) is -1.18. The Morgan fingerprint density at radius 2 is 2.00 bits per heavy atom. The van der Waals surface area contributed by atoms with E-state index in [4.69, 9.17) is 9.47 Å². The topological polar surface area (TPSA) is 38.8 Å². The molecule has 0 saturated carbocycles. The average Bonchev–Trinajstić information content (AvgIpc) is 2.95. The number of benzene rings is 1. The molecule has 0 bridgehead atoms. The molecule has 1 aromatic carbocycles. The Morgan fingerprint density at radius 1 is 1.35 bits per heavy atom. The predicted molar refractivity (Wildman–Crippen MR) is 59.9 cm³/mol. The summed E-state index contributed by atoms with van der Waals surface area (Å²) in [4.78, 5) is 11.6. The van der Waals surface area contributed by atoms with E-state index in [1.165, 1.54) is 6.07 Å². The number of carbonyl (C=O) groups is 1. The lowest BCUT2D eigenvalue weighted by Crippen LogP contribution is -2.26. The van der Waals surface area contributed by atoms with Crippen LogP contribution in [0.3, 0.4) is 0 Å². The van der Waals surface area contributed by atoms with Crippen molar-refractivity contribution in [2.75, 3.05) is 0 Å². The van der Waals surface area contributed by atoms with Crippen LogP contribution in [-0.4, -0.2) is 17.7 Å². The number of hydrogen-bond acceptors (Lipinski definition) is 3. The number of epoxide rings is 1. The van der Waals surface area contributed by atoms with Crippen LogP contribution >= 0.6 is 0 Å². The molecule has 2 unspecified atom stereocenters. The normalized spacial score (nSPS) is 23.3. The van der Waals surface area contributed by atoms with Gasteiger partial charge in [0.15, 0.2) is 6.10 Å². The fraction of sp³-hybridized carbons (Fsp3) is 0.462. The quantitative estimate of drug-likeness (QED) is 0.587. The van der Waals surface area contributed by atoms with Crippen molar-refractivity contribution in [3.63, 3.8) is 0 Å². The van der Waals surface area contributed by atoms with Crippen LogP contribution in [0.15, 0.2) is 24.3 Å². The molecule has 3 nitrogen and oxygen atoms in total. The number of carbonyl (C=O) groups excluding carboxylic acids is 1. The second-order valence-corrected chi connectivity index (χ2v) is 5.03. The molecular weight excluding hydrogens is 223 g/mol. The van der Waals surface area contributed by atoms with Crippen molar-refractivity contribution in [2.45, 2.75) is 38.6 Å². The van der Waals surface area contributed by atoms with E-state index in [9.17, 15) is 9.18 Å². The zero-order valence-corrected chi connectivity index (χ0v) is 10.1. The van der Waals surface area contributed by atoms with Gasteiger partial charge in [-0.15, -0.1) is 0 Å². The highest BCUT2D eigenvalue weighted by Gasteiger charge is 2.49. The lowest BCUT2D eigenvalue weighted by atomic mass is 10.1. The van der Waals surface area contributed by atoms with Gasteiger partial charge in [0.1, 0.15) is 17.5 Å². The molecule has 1 aliphatic heterocycles. The van der Waals surface area contributed by atoms with Gasteiger partial charge in [-0.25, -0.2) is 9.18 Å². The van der Waals surface area contributed by atoms with E-state index in [-0.39, 0.29) is 5.82 Å². The zero-order chi connectivity index (χ0) is 12.6. The molecule has 0 aromatic heterocycles. The minimum absolute atomic E-state index is 0.358. The first-order valence-corrected chi connectivity index (χ1v) is 5.51. The molecule has 1 heterocycles. The second kappa shape index (κ2) is 4.11. The third kappa shape index (κ3) is 2.82. The molecule has 0 radical (unpaired) electrons. The third-order valence-electron chi connectivity index (χ3n) is 2.34. The van der Waals surface area contributed by atoms with Gasteiger partial charge in [-0.2, -0.15) is 0 Å². The molecule has 17 heavy (non-hydrogen) atoms. The minimum atomic E-state index is -0.675. The first-order chi connectivity index (χ1) is 7.88. The first kappa shape index (κ1) is 12.0. The van der Waals surface area contributed by atoms with Gasteiger partial charge in [0.25, 0.3) is 0 Å². The van der Waals surface area contributed by atoms with Crippen molar-refractivity contribution < 1.29 is 18.7 Å². The molecule has 0 spiro atoms. The fourth-order valence-electron chi connectivity index (χ4n) is 1.59. The van der Waals surface area contributed by atoms with Crippen molar-refractivity contribution in [1.29, 1.82) is 0 Å². The maximum atomic E-state index is 13.4. The lowest BCUT2D eigenvalue weighted by molar-refractivity contribution is -0.156. The SMILES string of the molecule is CC(C)(C)OC(=O)C1OC1c1ccccc1F. The van der Waals surface area contributed by atoms with Crippen LogP contribution < -0.4 is 0 Å². The summed E-state index contributed by atoms with van der Waals surface area (Å²) in [6, 6.07) is 6.28. The molecule has 1 saturated heterocycles. The summed E-state index contributed by atoms with van der Waals surface area (Å²) in [5.41, 5.74) is -0.147. The van der Waals surface area contributed by atoms with Crippen LogP contribution in [-0.2, 0) is 14.3 Å². The van der Waals surface area contributed by atoms with Crippen molar-refractivity contribution in [3.05, 3.63) is 35.6 Å². The molecule has 2 rings (SSSR count). The van der Waals surface area contributed by atoms with Gasteiger partial charge in [0, 0.05) is 5.56 Å². The van der Waals surface area contributed by atoms with E-state index in [1.807, 2.05) is 0 Å². The van der Waals surface area contributed by atoms with Crippen LogP contribution in [0.4, 0.5) is 4.39 Å². The summed E-state index contributed by atoms with van der Waals surface area (Å²) in [6.45, 7) is 5.35. The number of ether oxygens (including phenoxy) is 2. The number of esters is 1. The van der Waals surface area contributed by atoms with Gasteiger partial charge in [-0.1, -0.05) is 18.2 Å². The zero-order valence-electron chi connectivity index (χ0n) is 10.1. The third-order valence-corrected chi connectivity index (χ3v) is 2.34. The molecule has 92 valence electrons. The van der Waals surface area contributed by atoms with E-state index < -0.39 is 23.8 Å². The van der Waals surface area contributed by atoms with Gasteiger partial charge in [-0.05, 0) is 26.8 Å². The Labute approximate surface area is 99.5 Å². The Bertz CT molecular complexity index is 437. The van der Waals surface area contributed by atoms with Crippen molar-refractivity contribution in [3.8, 4) is 0 Å². The average molecular weight is 238 g/mol. The Balaban J connectivity index is 2.02. The maximum absolute atomic E-state index is 13.4. The molecule has 1 aliphatic rings. The van der Waals surface area contributed by atoms with Gasteiger partial charge >= 0.3 is 5.97 Å². The monoisotopic (exact) mass is 238 g/mol. The molecule has 0 aliphatic carbocycles. The van der Waals surface area contributed by atoms with Gasteiger partial charge < -0.3 is 9.47 Å². The van der Waals surface area contributed by atoms with Crippen molar-refractivity contribution in [2.24, 2.45) is 0 Å². The van der Waals surface area contributed by atoms with E-state index in [0.29, 0.717) is 5.56 Å². The van der Waals surface area contributed by atoms with Crippen LogP contribution in [0.1, 0.15) is 32.4 Å². The van der Waals surface area contributed by atoms with Crippen LogP contribution in [0, 0.1) is 5.82 Å². The van der Waals surface area contributed by atoms with Crippen LogP contribution in [0.2, 0.25) is 0 Å². The standard InChI is InChI=1S/C13H15FO3/c1-13(2,3)17-12(15)11-10(16-11)8-6-4-5-7-9(8)14/h4-7,10-11H,1-3H3. The van der Waals surface area contributed by atoms with Gasteiger partial charge in [0.05, 0.1) is 0 Å². The number of hydrogen-bond donors (Lipinski definition) is 0. The number of rotatable bonds is 2. The van der Waals surface area contributed by atoms with E-state index >= 15 is 0 Å². The summed E-state index contributed by atoms with van der Waals surface area (Å²) in [5, 5.41) is 0. The predicted octanol–water partition coefficient (Wildman–Crippen LogP) is 2.61. The van der Waals surface area contributed by atoms with Crippen molar-refractivity contribution >= 4 is 5.97 Å². The molecule has 1 aromatic rings. The number of halogens is 1.